The van der Waals surface area contributed by atoms with E-state index in [-0.39, 0.29) is 11.9 Å². The maximum Gasteiger partial charge on any atom is 0.252 e. The maximum atomic E-state index is 12.8. The Balaban J connectivity index is 1.38. The van der Waals surface area contributed by atoms with Gasteiger partial charge in [-0.1, -0.05) is 60.1 Å². The van der Waals surface area contributed by atoms with E-state index in [4.69, 9.17) is 11.6 Å². The number of pyridine rings is 1. The summed E-state index contributed by atoms with van der Waals surface area (Å²) in [6.45, 7) is 0.858. The molecule has 1 heterocycles. The normalized spacial score (nSPS) is 19.3. The van der Waals surface area contributed by atoms with E-state index in [1.54, 1.807) is 6.07 Å². The standard InChI is InChI=1S/C22H22ClN3O/c23-21-13-19(18-8-4-5-9-20(18)26-21)22(27)25-17-11-10-16(12-17)24-14-15-6-2-1-3-7-15/h1-9,13,16-17,24H,10-12,14H2,(H,25,27)/t16-,17+/m0/s1. The van der Waals surface area contributed by atoms with Crippen molar-refractivity contribution in [1.29, 1.82) is 0 Å². The predicted molar refractivity (Wildman–Crippen MR) is 109 cm³/mol. The first kappa shape index (κ1) is 18.0. The third-order valence-electron chi connectivity index (χ3n) is 5.14. The van der Waals surface area contributed by atoms with Crippen molar-refractivity contribution < 1.29 is 4.79 Å². The summed E-state index contributed by atoms with van der Waals surface area (Å²) in [6, 6.07) is 20.2. The van der Waals surface area contributed by atoms with Crippen LogP contribution in [0, 0.1) is 0 Å². The minimum Gasteiger partial charge on any atom is -0.349 e. The van der Waals surface area contributed by atoms with Gasteiger partial charge in [-0.25, -0.2) is 4.98 Å². The van der Waals surface area contributed by atoms with Crippen molar-refractivity contribution in [3.63, 3.8) is 0 Å². The van der Waals surface area contributed by atoms with Crippen LogP contribution in [-0.2, 0) is 6.54 Å². The second kappa shape index (κ2) is 8.07. The number of amides is 1. The summed E-state index contributed by atoms with van der Waals surface area (Å²) in [5.74, 6) is -0.0794. The van der Waals surface area contributed by atoms with Gasteiger partial charge in [-0.05, 0) is 37.0 Å². The van der Waals surface area contributed by atoms with Crippen LogP contribution in [0.3, 0.4) is 0 Å². The first-order valence-corrected chi connectivity index (χ1v) is 9.70. The smallest absolute Gasteiger partial charge is 0.252 e. The molecule has 0 bridgehead atoms. The number of halogens is 1. The lowest BCUT2D eigenvalue weighted by atomic mass is 10.1. The van der Waals surface area contributed by atoms with Gasteiger partial charge in [0.1, 0.15) is 5.15 Å². The molecule has 2 aromatic carbocycles. The second-order valence-electron chi connectivity index (χ2n) is 7.06. The average Bonchev–Trinajstić information content (AvgIpc) is 3.13. The van der Waals surface area contributed by atoms with E-state index in [0.29, 0.717) is 16.8 Å². The van der Waals surface area contributed by atoms with Crippen molar-refractivity contribution in [2.24, 2.45) is 0 Å². The molecule has 1 aliphatic carbocycles. The molecule has 1 aliphatic rings. The van der Waals surface area contributed by atoms with Gasteiger partial charge in [0.05, 0.1) is 11.1 Å². The van der Waals surface area contributed by atoms with E-state index in [2.05, 4.69) is 39.9 Å². The number of carbonyl (C=O) groups is 1. The summed E-state index contributed by atoms with van der Waals surface area (Å²) < 4.78 is 0. The van der Waals surface area contributed by atoms with E-state index in [9.17, 15) is 4.79 Å². The molecule has 0 saturated heterocycles. The number of hydrogen-bond donors (Lipinski definition) is 2. The lowest BCUT2D eigenvalue weighted by molar-refractivity contribution is 0.0939. The lowest BCUT2D eigenvalue weighted by Crippen LogP contribution is -2.35. The third-order valence-corrected chi connectivity index (χ3v) is 5.33. The van der Waals surface area contributed by atoms with Crippen molar-refractivity contribution in [2.75, 3.05) is 0 Å². The van der Waals surface area contributed by atoms with Gasteiger partial charge in [0, 0.05) is 24.0 Å². The number of nitrogens with zero attached hydrogens (tertiary/aromatic N) is 1. The first-order valence-electron chi connectivity index (χ1n) is 9.32. The largest absolute Gasteiger partial charge is 0.349 e. The van der Waals surface area contributed by atoms with Gasteiger partial charge in [0.15, 0.2) is 0 Å². The van der Waals surface area contributed by atoms with Crippen LogP contribution in [0.2, 0.25) is 5.15 Å². The number of hydrogen-bond acceptors (Lipinski definition) is 3. The number of fused-ring (bicyclic) bond motifs is 1. The number of aromatic nitrogens is 1. The molecule has 1 saturated carbocycles. The Labute approximate surface area is 164 Å². The van der Waals surface area contributed by atoms with Crippen LogP contribution < -0.4 is 10.6 Å². The quantitative estimate of drug-likeness (QED) is 0.649. The van der Waals surface area contributed by atoms with Crippen molar-refractivity contribution in [1.82, 2.24) is 15.6 Å². The van der Waals surface area contributed by atoms with Crippen LogP contribution in [0.25, 0.3) is 10.9 Å². The van der Waals surface area contributed by atoms with Crippen LogP contribution in [-0.4, -0.2) is 23.0 Å². The van der Waals surface area contributed by atoms with E-state index in [0.717, 1.165) is 36.7 Å². The lowest BCUT2D eigenvalue weighted by Gasteiger charge is -2.15. The molecule has 2 N–H and O–H groups in total. The van der Waals surface area contributed by atoms with Crippen LogP contribution in [0.1, 0.15) is 35.2 Å². The van der Waals surface area contributed by atoms with Crippen LogP contribution >= 0.6 is 11.6 Å². The Kier molecular flexibility index (Phi) is 5.37. The van der Waals surface area contributed by atoms with Crippen molar-refractivity contribution in [3.05, 3.63) is 76.9 Å². The number of para-hydroxylation sites is 1. The molecule has 4 nitrogen and oxygen atoms in total. The first-order chi connectivity index (χ1) is 13.2. The molecular weight excluding hydrogens is 358 g/mol. The number of nitrogens with one attached hydrogen (secondary N) is 2. The Hall–Kier alpha value is -2.43. The van der Waals surface area contributed by atoms with Crippen molar-refractivity contribution in [3.8, 4) is 0 Å². The zero-order valence-electron chi connectivity index (χ0n) is 15.0. The summed E-state index contributed by atoms with van der Waals surface area (Å²) >= 11 is 6.11. The highest BCUT2D eigenvalue weighted by molar-refractivity contribution is 6.30. The number of benzene rings is 2. The summed E-state index contributed by atoms with van der Waals surface area (Å²) in [6.07, 6.45) is 2.99. The van der Waals surface area contributed by atoms with E-state index in [1.807, 2.05) is 30.3 Å². The molecule has 0 unspecified atom stereocenters. The van der Waals surface area contributed by atoms with Gasteiger partial charge in [0.25, 0.3) is 5.91 Å². The third kappa shape index (κ3) is 4.29. The summed E-state index contributed by atoms with van der Waals surface area (Å²) in [7, 11) is 0. The molecule has 27 heavy (non-hydrogen) atoms. The maximum absolute atomic E-state index is 12.8. The highest BCUT2D eigenvalue weighted by Crippen LogP contribution is 2.23. The molecule has 1 fully saturated rings. The molecule has 3 aromatic rings. The minimum atomic E-state index is -0.0794. The monoisotopic (exact) mass is 379 g/mol. The topological polar surface area (TPSA) is 54.0 Å². The second-order valence-corrected chi connectivity index (χ2v) is 7.44. The molecule has 1 amide bonds. The molecule has 138 valence electrons. The SMILES string of the molecule is O=C(N[C@@H]1CC[C@H](NCc2ccccc2)C1)c1cc(Cl)nc2ccccc12. The summed E-state index contributed by atoms with van der Waals surface area (Å²) in [4.78, 5) is 17.1. The van der Waals surface area contributed by atoms with Crippen LogP contribution in [0.15, 0.2) is 60.7 Å². The van der Waals surface area contributed by atoms with E-state index in [1.165, 1.54) is 5.56 Å². The molecule has 2 atom stereocenters. The summed E-state index contributed by atoms with van der Waals surface area (Å²) in [5, 5.41) is 7.94. The zero-order valence-corrected chi connectivity index (χ0v) is 15.7. The molecule has 0 radical (unpaired) electrons. The Morgan fingerprint density at radius 3 is 2.63 bits per heavy atom. The molecular formula is C22H22ClN3O. The predicted octanol–water partition coefficient (Wildman–Crippen LogP) is 4.33. The highest BCUT2D eigenvalue weighted by Gasteiger charge is 2.26. The highest BCUT2D eigenvalue weighted by atomic mass is 35.5. The van der Waals surface area contributed by atoms with Gasteiger partial charge in [0.2, 0.25) is 0 Å². The minimum absolute atomic E-state index is 0.0794. The van der Waals surface area contributed by atoms with Gasteiger partial charge >= 0.3 is 0 Å². The Bertz CT molecular complexity index is 945. The van der Waals surface area contributed by atoms with Gasteiger partial charge in [-0.15, -0.1) is 0 Å². The Morgan fingerprint density at radius 2 is 1.78 bits per heavy atom. The van der Waals surface area contributed by atoms with Gasteiger partial charge < -0.3 is 10.6 Å². The van der Waals surface area contributed by atoms with Crippen LogP contribution in [0.5, 0.6) is 0 Å². The van der Waals surface area contributed by atoms with Crippen LogP contribution in [0.4, 0.5) is 0 Å². The Morgan fingerprint density at radius 1 is 1.04 bits per heavy atom. The molecule has 5 heteroatoms. The molecule has 0 spiro atoms. The average molecular weight is 380 g/mol. The molecule has 4 rings (SSSR count). The summed E-state index contributed by atoms with van der Waals surface area (Å²) in [5.41, 5.74) is 2.61. The zero-order chi connectivity index (χ0) is 18.6. The fourth-order valence-corrected chi connectivity index (χ4v) is 3.95. The molecule has 0 aliphatic heterocycles. The fraction of sp³-hybridized carbons (Fsp3) is 0.273. The van der Waals surface area contributed by atoms with Crippen molar-refractivity contribution in [2.45, 2.75) is 37.9 Å². The van der Waals surface area contributed by atoms with E-state index >= 15 is 0 Å². The fourth-order valence-electron chi connectivity index (χ4n) is 3.75. The van der Waals surface area contributed by atoms with Crippen molar-refractivity contribution >= 4 is 28.4 Å². The van der Waals surface area contributed by atoms with E-state index < -0.39 is 0 Å². The number of carbonyl (C=O) groups excluding carboxylic acids is 1. The van der Waals surface area contributed by atoms with Gasteiger partial charge in [-0.2, -0.15) is 0 Å². The molecule has 1 aromatic heterocycles. The number of rotatable bonds is 5. The van der Waals surface area contributed by atoms with Gasteiger partial charge in [-0.3, -0.25) is 4.79 Å².